The summed E-state index contributed by atoms with van der Waals surface area (Å²) in [7, 11) is 0.354. The molecule has 0 fully saturated rings. The van der Waals surface area contributed by atoms with E-state index in [1.54, 1.807) is 64.3 Å². The monoisotopic (exact) mass is 867 g/mol. The third-order valence-electron chi connectivity index (χ3n) is 8.77. The maximum atomic E-state index is 13.5. The van der Waals surface area contributed by atoms with Gasteiger partial charge in [-0.2, -0.15) is 21.6 Å². The maximum absolute atomic E-state index is 13.5. The van der Waals surface area contributed by atoms with Crippen LogP contribution in [0.5, 0.6) is 5.75 Å². The molecule has 1 heterocycles. The van der Waals surface area contributed by atoms with E-state index in [1.165, 1.54) is 54.5 Å². The van der Waals surface area contributed by atoms with Crippen molar-refractivity contribution in [2.75, 3.05) is 26.5 Å². The summed E-state index contributed by atoms with van der Waals surface area (Å²) in [5.74, 6) is -1.97. The second-order valence-corrected chi connectivity index (χ2v) is 15.5. The van der Waals surface area contributed by atoms with Crippen LogP contribution in [-0.4, -0.2) is 67.8 Å². The van der Waals surface area contributed by atoms with E-state index in [9.17, 15) is 40.8 Å². The second-order valence-electron chi connectivity index (χ2n) is 13.7. The number of amides is 2. The Morgan fingerprint density at radius 1 is 0.867 bits per heavy atom. The van der Waals surface area contributed by atoms with Crippen molar-refractivity contribution in [3.8, 4) is 17.0 Å². The number of halogens is 4. The minimum atomic E-state index is -4.52. The number of alkyl halides is 3. The predicted molar refractivity (Wildman–Crippen MR) is 219 cm³/mol. The summed E-state index contributed by atoms with van der Waals surface area (Å²) in [6.45, 7) is 5.19. The summed E-state index contributed by atoms with van der Waals surface area (Å²) in [4.78, 5) is 56.9. The smallest absolute Gasteiger partial charge is 0.416 e. The van der Waals surface area contributed by atoms with E-state index in [0.29, 0.717) is 29.7 Å². The molecule has 0 saturated heterocycles. The van der Waals surface area contributed by atoms with Gasteiger partial charge in [-0.15, -0.1) is 0 Å². The molecule has 2 amide bonds. The SMILES string of the molecule is COC(=O)c1cc(C)c(OC(=O)CCCc2ccc(NC(=O)c3ccc(C)nc3-c3ccc(C(F)(F)F)cc3)c(C(=O)N(C)C)c2)c(Cl)c1.Cc1ccc(S(=O)(=O)O)cc1. The van der Waals surface area contributed by atoms with Crippen molar-refractivity contribution in [3.63, 3.8) is 0 Å². The van der Waals surface area contributed by atoms with Gasteiger partial charge in [0.05, 0.1) is 50.7 Å². The number of rotatable bonds is 11. The van der Waals surface area contributed by atoms with E-state index in [4.69, 9.17) is 25.6 Å². The van der Waals surface area contributed by atoms with Gasteiger partial charge in [0.1, 0.15) is 0 Å². The molecule has 5 rings (SSSR count). The average molecular weight is 868 g/mol. The molecule has 0 atom stereocenters. The predicted octanol–water partition coefficient (Wildman–Crippen LogP) is 8.95. The summed E-state index contributed by atoms with van der Waals surface area (Å²) in [6.07, 6.45) is -3.73. The fraction of sp³-hybridized carbons (Fsp3) is 0.233. The highest BCUT2D eigenvalue weighted by Gasteiger charge is 2.30. The summed E-state index contributed by atoms with van der Waals surface area (Å²) < 4.78 is 79.1. The number of hydrogen-bond donors (Lipinski definition) is 2. The molecule has 2 N–H and O–H groups in total. The first-order valence-electron chi connectivity index (χ1n) is 18.0. The summed E-state index contributed by atoms with van der Waals surface area (Å²) in [6, 6.07) is 21.3. The van der Waals surface area contributed by atoms with Crippen molar-refractivity contribution < 1.29 is 54.8 Å². The van der Waals surface area contributed by atoms with Crippen LogP contribution in [0.3, 0.4) is 0 Å². The van der Waals surface area contributed by atoms with Gasteiger partial charge in [0.15, 0.2) is 5.75 Å². The van der Waals surface area contributed by atoms with E-state index in [1.807, 2.05) is 6.92 Å². The molecule has 0 spiro atoms. The minimum Gasteiger partial charge on any atom is -0.465 e. The fourth-order valence-corrected chi connectivity index (χ4v) is 6.43. The number of carbonyl (C=O) groups is 4. The van der Waals surface area contributed by atoms with E-state index in [2.05, 4.69) is 10.3 Å². The zero-order chi connectivity index (χ0) is 44.5. The van der Waals surface area contributed by atoms with E-state index in [-0.39, 0.29) is 56.1 Å². The molecule has 17 heteroatoms. The van der Waals surface area contributed by atoms with Crippen molar-refractivity contribution >= 4 is 51.2 Å². The number of carbonyl (C=O) groups excluding carboxylic acids is 4. The van der Waals surface area contributed by atoms with Crippen LogP contribution in [0.25, 0.3) is 11.3 Å². The number of pyridine rings is 1. The van der Waals surface area contributed by atoms with Crippen LogP contribution in [0.15, 0.2) is 95.9 Å². The molecule has 0 saturated carbocycles. The number of ether oxygens (including phenoxy) is 2. The van der Waals surface area contributed by atoms with Gasteiger partial charge in [-0.1, -0.05) is 47.5 Å². The lowest BCUT2D eigenvalue weighted by molar-refractivity contribution is -0.137. The third-order valence-corrected chi connectivity index (χ3v) is 9.91. The van der Waals surface area contributed by atoms with Crippen molar-refractivity contribution in [2.24, 2.45) is 0 Å². The standard InChI is InChI=1S/C36H33ClF3N3O6.C7H8O3S/c1-20-17-24(35(47)48-5)19-28(37)32(20)49-30(44)8-6-7-22-10-16-29(27(18-22)34(46)43(3)4)42-33(45)26-15-9-21(2)41-31(26)23-11-13-25(14-12-23)36(38,39)40;1-6-2-4-7(5-3-6)11(8,9)10/h9-19H,6-8H2,1-5H3,(H,42,45);2-5H,1H3,(H,8,9,10). The molecule has 316 valence electrons. The van der Waals surface area contributed by atoms with Gasteiger partial charge >= 0.3 is 18.1 Å². The molecule has 5 aromatic rings. The normalized spacial score (nSPS) is 11.2. The van der Waals surface area contributed by atoms with Crippen LogP contribution in [0.1, 0.15) is 71.9 Å². The van der Waals surface area contributed by atoms with Crippen molar-refractivity contribution in [1.82, 2.24) is 9.88 Å². The molecular formula is C43H41ClF3N3O9S. The van der Waals surface area contributed by atoms with E-state index in [0.717, 1.165) is 23.3 Å². The molecule has 0 unspecified atom stereocenters. The van der Waals surface area contributed by atoms with Gasteiger partial charge in [0.2, 0.25) is 0 Å². The molecule has 0 aliphatic carbocycles. The zero-order valence-electron chi connectivity index (χ0n) is 33.3. The fourth-order valence-electron chi connectivity index (χ4n) is 5.65. The molecule has 0 radical (unpaired) electrons. The van der Waals surface area contributed by atoms with E-state index < -0.39 is 39.7 Å². The van der Waals surface area contributed by atoms with Crippen LogP contribution in [-0.2, 0) is 32.2 Å². The summed E-state index contributed by atoms with van der Waals surface area (Å²) in [5, 5.41) is 2.85. The lowest BCUT2D eigenvalue weighted by atomic mass is 10.0. The quantitative estimate of drug-likeness (QED) is 0.0743. The Kier molecular flexibility index (Phi) is 15.3. The first-order chi connectivity index (χ1) is 28.1. The number of nitrogens with zero attached hydrogens (tertiary/aromatic N) is 2. The molecule has 1 aromatic heterocycles. The molecule has 4 aromatic carbocycles. The van der Waals surface area contributed by atoms with Crippen molar-refractivity contribution in [2.45, 2.75) is 51.1 Å². The number of aryl methyl sites for hydroxylation is 4. The lowest BCUT2D eigenvalue weighted by Gasteiger charge is -2.17. The topological polar surface area (TPSA) is 169 Å². The van der Waals surface area contributed by atoms with Gasteiger partial charge in [-0.25, -0.2) is 4.79 Å². The van der Waals surface area contributed by atoms with Crippen molar-refractivity contribution in [3.05, 3.63) is 141 Å². The Morgan fingerprint density at radius 3 is 2.08 bits per heavy atom. The number of nitrogens with one attached hydrogen (secondary N) is 1. The van der Waals surface area contributed by atoms with E-state index >= 15 is 0 Å². The molecule has 12 nitrogen and oxygen atoms in total. The Bertz CT molecular complexity index is 2490. The first kappa shape index (κ1) is 46.6. The van der Waals surface area contributed by atoms with Crippen LogP contribution >= 0.6 is 11.6 Å². The van der Waals surface area contributed by atoms with Gasteiger partial charge in [0, 0.05) is 31.8 Å². The molecule has 60 heavy (non-hydrogen) atoms. The van der Waals surface area contributed by atoms with Gasteiger partial charge in [-0.3, -0.25) is 23.9 Å². The molecular weight excluding hydrogens is 827 g/mol. The highest BCUT2D eigenvalue weighted by molar-refractivity contribution is 7.85. The highest BCUT2D eigenvalue weighted by Crippen LogP contribution is 2.33. The van der Waals surface area contributed by atoms with Crippen molar-refractivity contribution in [1.29, 1.82) is 0 Å². The number of aromatic nitrogens is 1. The van der Waals surface area contributed by atoms with Crippen LogP contribution in [0.4, 0.5) is 18.9 Å². The van der Waals surface area contributed by atoms with Gasteiger partial charge in [-0.05, 0) is 105 Å². The lowest BCUT2D eigenvalue weighted by Crippen LogP contribution is -2.24. The maximum Gasteiger partial charge on any atom is 0.416 e. The number of hydrogen-bond acceptors (Lipinski definition) is 9. The highest BCUT2D eigenvalue weighted by atomic mass is 35.5. The summed E-state index contributed by atoms with van der Waals surface area (Å²) >= 11 is 6.25. The first-order valence-corrected chi connectivity index (χ1v) is 19.8. The Balaban J connectivity index is 0.000000624. The Hall–Kier alpha value is -6.10. The second kappa shape index (κ2) is 19.8. The summed E-state index contributed by atoms with van der Waals surface area (Å²) in [5.41, 5.74) is 3.12. The zero-order valence-corrected chi connectivity index (χ0v) is 34.9. The Morgan fingerprint density at radius 2 is 1.52 bits per heavy atom. The Labute approximate surface area is 350 Å². The minimum absolute atomic E-state index is 0.0249. The molecule has 0 aliphatic rings. The largest absolute Gasteiger partial charge is 0.465 e. The third kappa shape index (κ3) is 12.5. The van der Waals surface area contributed by atoms with Crippen LogP contribution in [0.2, 0.25) is 5.02 Å². The van der Waals surface area contributed by atoms with Crippen LogP contribution < -0.4 is 10.1 Å². The number of methoxy groups -OCH3 is 1. The number of benzene rings is 4. The van der Waals surface area contributed by atoms with Gasteiger partial charge < -0.3 is 19.7 Å². The van der Waals surface area contributed by atoms with Gasteiger partial charge in [0.25, 0.3) is 21.9 Å². The number of anilines is 1. The number of esters is 2. The average Bonchev–Trinajstić information content (AvgIpc) is 3.18. The van der Waals surface area contributed by atoms with Crippen LogP contribution in [0, 0.1) is 20.8 Å². The molecule has 0 aliphatic heterocycles. The molecule has 0 bridgehead atoms.